The fourth-order valence-electron chi connectivity index (χ4n) is 6.01. The number of rotatable bonds is 14. The van der Waals surface area contributed by atoms with Crippen LogP contribution in [-0.4, -0.2) is 99.9 Å². The van der Waals surface area contributed by atoms with E-state index in [2.05, 4.69) is 36.0 Å². The van der Waals surface area contributed by atoms with Crippen LogP contribution in [0.25, 0.3) is 0 Å². The Morgan fingerprint density at radius 2 is 1.91 bits per heavy atom. The van der Waals surface area contributed by atoms with E-state index in [1.54, 1.807) is 33.9 Å². The fraction of sp³-hybridized carbons (Fsp3) is 0.731. The number of aliphatic hydroxyl groups is 1. The third-order valence-electron chi connectivity index (χ3n) is 7.59. The Bertz CT molecular complexity index is 823. The average molecular weight is 555 g/mol. The predicted octanol–water partition coefficient (Wildman–Crippen LogP) is 2.36. The molecule has 3 unspecified atom stereocenters. The number of likely N-dealkylation sites (N-methyl/N-ethyl adjacent to an activating group) is 1. The van der Waals surface area contributed by atoms with Crippen molar-refractivity contribution < 1.29 is 24.2 Å². The van der Waals surface area contributed by atoms with Gasteiger partial charge in [-0.3, -0.25) is 14.4 Å². The van der Waals surface area contributed by atoms with Crippen LogP contribution in [0.4, 0.5) is 0 Å². The fourth-order valence-corrected chi connectivity index (χ4v) is 6.95. The Balaban J connectivity index is 2.00. The van der Waals surface area contributed by atoms with E-state index in [9.17, 15) is 19.5 Å². The second-order valence-electron chi connectivity index (χ2n) is 9.91. The Labute approximate surface area is 217 Å². The summed E-state index contributed by atoms with van der Waals surface area (Å²) in [6, 6.07) is -0.779. The minimum absolute atomic E-state index is 0.0925. The van der Waals surface area contributed by atoms with Gasteiger partial charge in [0, 0.05) is 44.7 Å². The van der Waals surface area contributed by atoms with Gasteiger partial charge >= 0.3 is 0 Å². The van der Waals surface area contributed by atoms with Crippen LogP contribution in [0.2, 0.25) is 0 Å². The zero-order chi connectivity index (χ0) is 25.8. The lowest BCUT2D eigenvalue weighted by Gasteiger charge is -2.37. The maximum absolute atomic E-state index is 14.1. The molecule has 1 N–H and O–H groups in total. The van der Waals surface area contributed by atoms with Crippen LogP contribution in [0, 0.1) is 11.8 Å². The van der Waals surface area contributed by atoms with E-state index in [4.69, 9.17) is 4.74 Å². The van der Waals surface area contributed by atoms with E-state index >= 15 is 0 Å². The molecule has 8 nitrogen and oxygen atoms in total. The number of aliphatic hydroxyl groups excluding tert-OH is 1. The highest BCUT2D eigenvalue weighted by atomic mass is 79.9. The normalized spacial score (nSPS) is 30.9. The third-order valence-corrected chi connectivity index (χ3v) is 8.43. The zero-order valence-corrected chi connectivity index (χ0v) is 22.6. The first kappa shape index (κ1) is 27.9. The molecule has 3 fully saturated rings. The summed E-state index contributed by atoms with van der Waals surface area (Å²) in [7, 11) is 1.71. The highest BCUT2D eigenvalue weighted by molar-refractivity contribution is 9.09. The van der Waals surface area contributed by atoms with Gasteiger partial charge in [-0.05, 0) is 32.1 Å². The SMILES string of the molecule is C=CCN(C)C(=O)[C@H]1[C@H]2C(=O)N(CCCCCO)C(C(=O)N(CC=C)CCCC)C23CC(Br)[C@@H]1O3. The molecular weight excluding hydrogens is 514 g/mol. The molecule has 0 saturated carbocycles. The molecular formula is C26H40BrN3O5. The second kappa shape index (κ2) is 12.0. The Hall–Kier alpha value is -1.71. The number of amides is 3. The molecule has 0 aromatic carbocycles. The van der Waals surface area contributed by atoms with Crippen molar-refractivity contribution in [2.24, 2.45) is 11.8 Å². The molecule has 0 aromatic rings. The molecule has 3 rings (SSSR count). The molecule has 3 aliphatic rings. The summed E-state index contributed by atoms with van der Waals surface area (Å²) in [5, 5.41) is 9.18. The molecule has 3 amide bonds. The summed E-state index contributed by atoms with van der Waals surface area (Å²) in [6.07, 6.45) is 7.27. The smallest absolute Gasteiger partial charge is 0.248 e. The van der Waals surface area contributed by atoms with Gasteiger partial charge in [-0.2, -0.15) is 0 Å². The van der Waals surface area contributed by atoms with Gasteiger partial charge in [0.25, 0.3) is 0 Å². The van der Waals surface area contributed by atoms with Gasteiger partial charge in [-0.25, -0.2) is 0 Å². The van der Waals surface area contributed by atoms with Crippen molar-refractivity contribution in [1.82, 2.24) is 14.7 Å². The van der Waals surface area contributed by atoms with E-state index in [0.29, 0.717) is 45.4 Å². The highest BCUT2D eigenvalue weighted by Gasteiger charge is 2.76. The van der Waals surface area contributed by atoms with Crippen molar-refractivity contribution in [2.45, 2.75) is 68.0 Å². The van der Waals surface area contributed by atoms with Crippen molar-refractivity contribution in [2.75, 3.05) is 39.8 Å². The minimum Gasteiger partial charge on any atom is -0.396 e. The van der Waals surface area contributed by atoms with Gasteiger partial charge in [0.2, 0.25) is 17.7 Å². The molecule has 3 saturated heterocycles. The first-order valence-corrected chi connectivity index (χ1v) is 13.7. The number of unbranched alkanes of at least 4 members (excludes halogenated alkanes) is 3. The molecule has 196 valence electrons. The monoisotopic (exact) mass is 553 g/mol. The minimum atomic E-state index is -1.04. The van der Waals surface area contributed by atoms with E-state index in [-0.39, 0.29) is 29.2 Å². The molecule has 1 spiro atoms. The highest BCUT2D eigenvalue weighted by Crippen LogP contribution is 2.60. The van der Waals surface area contributed by atoms with E-state index in [1.165, 1.54) is 0 Å². The molecule has 0 aromatic heterocycles. The quantitative estimate of drug-likeness (QED) is 0.202. The zero-order valence-electron chi connectivity index (χ0n) is 21.0. The van der Waals surface area contributed by atoms with E-state index in [0.717, 1.165) is 19.3 Å². The number of carbonyl (C=O) groups is 3. The lowest BCUT2D eigenvalue weighted by molar-refractivity contribution is -0.148. The summed E-state index contributed by atoms with van der Waals surface area (Å²) in [5.41, 5.74) is -1.04. The summed E-state index contributed by atoms with van der Waals surface area (Å²) < 4.78 is 6.56. The summed E-state index contributed by atoms with van der Waals surface area (Å²) in [5.74, 6) is -1.80. The Morgan fingerprint density at radius 1 is 1.20 bits per heavy atom. The molecule has 6 atom stereocenters. The number of likely N-dealkylation sites (tertiary alicyclic amines) is 1. The van der Waals surface area contributed by atoms with Crippen molar-refractivity contribution in [3.05, 3.63) is 25.3 Å². The second-order valence-corrected chi connectivity index (χ2v) is 11.1. The van der Waals surface area contributed by atoms with Crippen molar-refractivity contribution in [3.8, 4) is 0 Å². The van der Waals surface area contributed by atoms with Gasteiger partial charge < -0.3 is 24.5 Å². The maximum atomic E-state index is 14.1. The maximum Gasteiger partial charge on any atom is 0.248 e. The van der Waals surface area contributed by atoms with Gasteiger partial charge in [0.1, 0.15) is 11.6 Å². The van der Waals surface area contributed by atoms with Gasteiger partial charge in [0.15, 0.2) is 0 Å². The van der Waals surface area contributed by atoms with Crippen LogP contribution in [0.15, 0.2) is 25.3 Å². The number of hydrogen-bond donors (Lipinski definition) is 1. The number of carbonyl (C=O) groups excluding carboxylic acids is 3. The van der Waals surface area contributed by atoms with Gasteiger partial charge in [0.05, 0.1) is 17.9 Å². The average Bonchev–Trinajstić information content (AvgIpc) is 3.42. The molecule has 0 aliphatic carbocycles. The van der Waals surface area contributed by atoms with Crippen molar-refractivity contribution >= 4 is 33.7 Å². The van der Waals surface area contributed by atoms with E-state index in [1.807, 2.05) is 0 Å². The molecule has 3 aliphatic heterocycles. The Morgan fingerprint density at radius 3 is 2.54 bits per heavy atom. The van der Waals surface area contributed by atoms with Crippen LogP contribution < -0.4 is 0 Å². The van der Waals surface area contributed by atoms with E-state index < -0.39 is 29.6 Å². The largest absolute Gasteiger partial charge is 0.396 e. The predicted molar refractivity (Wildman–Crippen MR) is 138 cm³/mol. The summed E-state index contributed by atoms with van der Waals surface area (Å²) in [4.78, 5) is 46.4. The molecule has 9 heteroatoms. The number of fused-ring (bicyclic) bond motifs is 1. The summed E-state index contributed by atoms with van der Waals surface area (Å²) in [6.45, 7) is 11.5. The Kier molecular flexibility index (Phi) is 9.57. The summed E-state index contributed by atoms with van der Waals surface area (Å²) >= 11 is 3.71. The van der Waals surface area contributed by atoms with Crippen LogP contribution in [0.3, 0.4) is 0 Å². The number of ether oxygens (including phenoxy) is 1. The topological polar surface area (TPSA) is 90.4 Å². The van der Waals surface area contributed by atoms with Gasteiger partial charge in [-0.15, -0.1) is 13.2 Å². The van der Waals surface area contributed by atoms with Crippen molar-refractivity contribution in [3.63, 3.8) is 0 Å². The molecule has 35 heavy (non-hydrogen) atoms. The van der Waals surface area contributed by atoms with Gasteiger partial charge in [-0.1, -0.05) is 41.4 Å². The van der Waals surface area contributed by atoms with Crippen LogP contribution in [0.5, 0.6) is 0 Å². The van der Waals surface area contributed by atoms with Crippen LogP contribution in [0.1, 0.15) is 45.4 Å². The third kappa shape index (κ3) is 5.09. The lowest BCUT2D eigenvalue weighted by Crippen LogP contribution is -2.57. The van der Waals surface area contributed by atoms with Crippen molar-refractivity contribution in [1.29, 1.82) is 0 Å². The molecule has 0 radical (unpaired) electrons. The molecule has 3 heterocycles. The number of nitrogens with zero attached hydrogens (tertiary/aromatic N) is 3. The number of alkyl halides is 1. The first-order valence-electron chi connectivity index (χ1n) is 12.8. The standard InChI is InChI=1S/C26H40BrN3O5/c1-5-8-14-29(13-7-3)25(34)22-26-17-18(27)21(35-26)19(23(32)28(4)12-6-2)20(26)24(33)30(22)15-10-9-11-16-31/h6-7,18-22,31H,2-3,5,8-17H2,1,4H3/t18?,19-,20-,21-,22?,26?/m0/s1. The lowest BCUT2D eigenvalue weighted by atomic mass is 9.70. The number of hydrogen-bond acceptors (Lipinski definition) is 5. The van der Waals surface area contributed by atoms with Crippen LogP contribution >= 0.6 is 15.9 Å². The number of halogens is 1. The molecule has 2 bridgehead atoms. The first-order chi connectivity index (χ1) is 16.8. The van der Waals surface area contributed by atoms with Crippen LogP contribution in [-0.2, 0) is 19.1 Å².